The van der Waals surface area contributed by atoms with Crippen LogP contribution in [0.25, 0.3) is 0 Å². The van der Waals surface area contributed by atoms with E-state index in [2.05, 4.69) is 31.9 Å². The van der Waals surface area contributed by atoms with E-state index in [1.165, 1.54) is 24.8 Å². The van der Waals surface area contributed by atoms with E-state index in [0.29, 0.717) is 0 Å². The van der Waals surface area contributed by atoms with E-state index >= 15 is 0 Å². The Labute approximate surface area is 110 Å². The molecule has 0 bridgehead atoms. The van der Waals surface area contributed by atoms with Gasteiger partial charge in [-0.15, -0.1) is 0 Å². The summed E-state index contributed by atoms with van der Waals surface area (Å²) in [6.07, 6.45) is 5.51. The fourth-order valence-corrected chi connectivity index (χ4v) is 3.62. The molecule has 1 fully saturated rings. The molecule has 0 radical (unpaired) electrons. The number of nitrogens with two attached hydrogens (primary N) is 1. The van der Waals surface area contributed by atoms with Crippen LogP contribution in [0.1, 0.15) is 44.4 Å². The molecule has 3 nitrogen and oxygen atoms in total. The van der Waals surface area contributed by atoms with Crippen molar-refractivity contribution >= 4 is 0 Å². The van der Waals surface area contributed by atoms with Crippen molar-refractivity contribution in [1.82, 2.24) is 4.90 Å². The van der Waals surface area contributed by atoms with Crippen LogP contribution in [-0.2, 0) is 6.54 Å². The Balaban J connectivity index is 2.21. The average Bonchev–Trinajstić information content (AvgIpc) is 2.83. The van der Waals surface area contributed by atoms with Crippen molar-refractivity contribution in [3.63, 3.8) is 0 Å². The summed E-state index contributed by atoms with van der Waals surface area (Å²) >= 11 is 0. The minimum atomic E-state index is 0.122. The SMILES string of the molecule is Cc1occc1CN(C)C1(CN)CCCC1(C)C. The zero-order valence-electron chi connectivity index (χ0n) is 12.1. The van der Waals surface area contributed by atoms with Crippen molar-refractivity contribution in [3.05, 3.63) is 23.7 Å². The van der Waals surface area contributed by atoms with Crippen molar-refractivity contribution in [2.75, 3.05) is 13.6 Å². The number of furan rings is 1. The van der Waals surface area contributed by atoms with Crippen molar-refractivity contribution in [3.8, 4) is 0 Å². The standard InChI is InChI=1S/C15H26N2O/c1-12-13(6-9-18-12)10-17(4)15(11-16)8-5-7-14(15,2)3/h6,9H,5,7-8,10-11,16H2,1-4H3. The molecule has 1 aliphatic carbocycles. The van der Waals surface area contributed by atoms with Gasteiger partial charge >= 0.3 is 0 Å². The van der Waals surface area contributed by atoms with E-state index in [1.807, 2.05) is 6.92 Å². The van der Waals surface area contributed by atoms with Gasteiger partial charge in [-0.25, -0.2) is 0 Å². The normalized spacial score (nSPS) is 27.0. The molecular formula is C15H26N2O. The molecule has 0 aromatic carbocycles. The third-order valence-corrected chi connectivity index (χ3v) is 5.09. The Hall–Kier alpha value is -0.800. The van der Waals surface area contributed by atoms with Crippen LogP contribution >= 0.6 is 0 Å². The average molecular weight is 250 g/mol. The van der Waals surface area contributed by atoms with E-state index < -0.39 is 0 Å². The molecule has 18 heavy (non-hydrogen) atoms. The lowest BCUT2D eigenvalue weighted by atomic mass is 9.73. The second kappa shape index (κ2) is 4.71. The molecule has 1 unspecified atom stereocenters. The van der Waals surface area contributed by atoms with Crippen molar-refractivity contribution in [2.45, 2.75) is 52.1 Å². The van der Waals surface area contributed by atoms with Gasteiger partial charge in [0.1, 0.15) is 5.76 Å². The van der Waals surface area contributed by atoms with Crippen LogP contribution in [-0.4, -0.2) is 24.0 Å². The van der Waals surface area contributed by atoms with E-state index in [0.717, 1.165) is 18.8 Å². The van der Waals surface area contributed by atoms with Gasteiger partial charge in [-0.3, -0.25) is 4.90 Å². The maximum atomic E-state index is 6.15. The lowest BCUT2D eigenvalue weighted by Crippen LogP contribution is -2.58. The second-order valence-corrected chi connectivity index (χ2v) is 6.33. The van der Waals surface area contributed by atoms with Gasteiger partial charge < -0.3 is 10.2 Å². The molecule has 0 saturated heterocycles. The lowest BCUT2D eigenvalue weighted by molar-refractivity contribution is 0.0273. The number of hydrogen-bond acceptors (Lipinski definition) is 3. The Kier molecular flexibility index (Phi) is 3.56. The summed E-state index contributed by atoms with van der Waals surface area (Å²) in [7, 11) is 2.20. The quantitative estimate of drug-likeness (QED) is 0.893. The zero-order valence-corrected chi connectivity index (χ0v) is 12.1. The van der Waals surface area contributed by atoms with Gasteiger partial charge in [-0.2, -0.15) is 0 Å². The highest BCUT2D eigenvalue weighted by atomic mass is 16.3. The summed E-state index contributed by atoms with van der Waals surface area (Å²) in [5.41, 5.74) is 7.83. The van der Waals surface area contributed by atoms with Crippen LogP contribution in [0.4, 0.5) is 0 Å². The molecule has 2 N–H and O–H groups in total. The van der Waals surface area contributed by atoms with Crippen molar-refractivity contribution in [2.24, 2.45) is 11.1 Å². The van der Waals surface area contributed by atoms with Crippen molar-refractivity contribution < 1.29 is 4.42 Å². The van der Waals surface area contributed by atoms with Crippen molar-refractivity contribution in [1.29, 1.82) is 0 Å². The molecule has 2 rings (SSSR count). The van der Waals surface area contributed by atoms with E-state index in [-0.39, 0.29) is 11.0 Å². The summed E-state index contributed by atoms with van der Waals surface area (Å²) in [5.74, 6) is 1.02. The summed E-state index contributed by atoms with van der Waals surface area (Å²) in [5, 5.41) is 0. The molecule has 0 amide bonds. The Morgan fingerprint density at radius 3 is 2.56 bits per heavy atom. The number of aryl methyl sites for hydroxylation is 1. The number of rotatable bonds is 4. The van der Waals surface area contributed by atoms with Gasteiger partial charge in [0, 0.05) is 24.2 Å². The fraction of sp³-hybridized carbons (Fsp3) is 0.733. The molecule has 1 aromatic heterocycles. The van der Waals surface area contributed by atoms with Crippen LogP contribution < -0.4 is 5.73 Å². The molecule has 1 aromatic rings. The lowest BCUT2D eigenvalue weighted by Gasteiger charge is -2.48. The van der Waals surface area contributed by atoms with Gasteiger partial charge in [-0.05, 0) is 38.3 Å². The zero-order chi connectivity index (χ0) is 13.4. The topological polar surface area (TPSA) is 42.4 Å². The third kappa shape index (κ3) is 1.99. The van der Waals surface area contributed by atoms with Crippen LogP contribution in [0.15, 0.2) is 16.7 Å². The van der Waals surface area contributed by atoms with Gasteiger partial charge in [0.25, 0.3) is 0 Å². The van der Waals surface area contributed by atoms with E-state index in [4.69, 9.17) is 10.2 Å². The second-order valence-electron chi connectivity index (χ2n) is 6.33. The number of hydrogen-bond donors (Lipinski definition) is 1. The summed E-state index contributed by atoms with van der Waals surface area (Å²) in [4.78, 5) is 2.44. The maximum Gasteiger partial charge on any atom is 0.105 e. The van der Waals surface area contributed by atoms with Crippen LogP contribution in [0.2, 0.25) is 0 Å². The largest absolute Gasteiger partial charge is 0.469 e. The van der Waals surface area contributed by atoms with Gasteiger partial charge in [0.05, 0.1) is 6.26 Å². The maximum absolute atomic E-state index is 6.15. The Morgan fingerprint density at radius 1 is 1.39 bits per heavy atom. The van der Waals surface area contributed by atoms with Crippen LogP contribution in [0.5, 0.6) is 0 Å². The minimum Gasteiger partial charge on any atom is -0.469 e. The first-order valence-corrected chi connectivity index (χ1v) is 6.87. The fourth-order valence-electron chi connectivity index (χ4n) is 3.62. The molecular weight excluding hydrogens is 224 g/mol. The molecule has 1 saturated carbocycles. The molecule has 0 aliphatic heterocycles. The Bertz CT molecular complexity index is 410. The molecule has 1 atom stereocenters. The highest BCUT2D eigenvalue weighted by Crippen LogP contribution is 2.49. The monoisotopic (exact) mass is 250 g/mol. The first-order valence-electron chi connectivity index (χ1n) is 6.87. The summed E-state index contributed by atoms with van der Waals surface area (Å²) in [6.45, 7) is 8.38. The van der Waals surface area contributed by atoms with Gasteiger partial charge in [-0.1, -0.05) is 20.3 Å². The Morgan fingerprint density at radius 2 is 2.11 bits per heavy atom. The predicted octanol–water partition coefficient (Wildman–Crippen LogP) is 2.93. The first kappa shape index (κ1) is 13.6. The molecule has 102 valence electrons. The highest BCUT2D eigenvalue weighted by Gasteiger charge is 2.50. The van der Waals surface area contributed by atoms with E-state index in [9.17, 15) is 0 Å². The highest BCUT2D eigenvalue weighted by molar-refractivity contribution is 5.17. The minimum absolute atomic E-state index is 0.122. The van der Waals surface area contributed by atoms with E-state index in [1.54, 1.807) is 6.26 Å². The smallest absolute Gasteiger partial charge is 0.105 e. The first-order chi connectivity index (χ1) is 8.43. The molecule has 1 heterocycles. The van der Waals surface area contributed by atoms with Crippen LogP contribution in [0, 0.1) is 12.3 Å². The van der Waals surface area contributed by atoms with Crippen LogP contribution in [0.3, 0.4) is 0 Å². The predicted molar refractivity (Wildman–Crippen MR) is 74.3 cm³/mol. The summed E-state index contributed by atoms with van der Waals surface area (Å²) < 4.78 is 5.39. The summed E-state index contributed by atoms with van der Waals surface area (Å²) in [6, 6.07) is 2.07. The number of likely N-dealkylation sites (N-methyl/N-ethyl adjacent to an activating group) is 1. The molecule has 3 heteroatoms. The number of nitrogens with zero attached hydrogens (tertiary/aromatic N) is 1. The molecule has 0 spiro atoms. The van der Waals surface area contributed by atoms with Gasteiger partial charge in [0.2, 0.25) is 0 Å². The molecule has 1 aliphatic rings. The van der Waals surface area contributed by atoms with Gasteiger partial charge in [0.15, 0.2) is 0 Å². The third-order valence-electron chi connectivity index (χ3n) is 5.09.